The number of rotatable bonds is 5. The summed E-state index contributed by atoms with van der Waals surface area (Å²) in [5.74, 6) is -0.429. The molecule has 3 N–H and O–H groups in total. The van der Waals surface area contributed by atoms with Crippen LogP contribution in [0.25, 0.3) is 11.1 Å². The molecule has 0 atom stereocenters. The Morgan fingerprint density at radius 1 is 1.10 bits per heavy atom. The molecule has 0 fully saturated rings. The number of carbonyl (C=O) groups is 1. The van der Waals surface area contributed by atoms with E-state index in [0.717, 1.165) is 36.6 Å². The third-order valence-corrected chi connectivity index (χ3v) is 4.54. The molecule has 6 nitrogen and oxygen atoms in total. The van der Waals surface area contributed by atoms with Crippen molar-refractivity contribution < 1.29 is 22.5 Å². The molecule has 0 bridgehead atoms. The van der Waals surface area contributed by atoms with Crippen molar-refractivity contribution in [3.05, 3.63) is 60.0 Å². The molecule has 0 saturated carbocycles. The fourth-order valence-electron chi connectivity index (χ4n) is 2.53. The second-order valence-corrected chi connectivity index (χ2v) is 7.09. The molecule has 1 amide bonds. The highest BCUT2D eigenvalue weighted by molar-refractivity contribution is 5.91. The highest BCUT2D eigenvalue weighted by Gasteiger charge is 2.51. The molecule has 152 valence electrons. The molecule has 2 aromatic heterocycles. The van der Waals surface area contributed by atoms with Crippen LogP contribution in [0.2, 0.25) is 0 Å². The Bertz CT molecular complexity index is 994. The molecule has 29 heavy (non-hydrogen) atoms. The summed E-state index contributed by atoms with van der Waals surface area (Å²) in [5.41, 5.74) is 5.89. The highest BCUT2D eigenvalue weighted by Crippen LogP contribution is 2.41. The number of amides is 1. The first-order valence-electron chi connectivity index (χ1n) is 8.71. The van der Waals surface area contributed by atoms with Crippen molar-refractivity contribution in [2.75, 3.05) is 11.1 Å². The third kappa shape index (κ3) is 4.56. The molecule has 0 aliphatic carbocycles. The highest BCUT2D eigenvalue weighted by atomic mass is 19.4. The number of alkyl halides is 3. The lowest BCUT2D eigenvalue weighted by molar-refractivity contribution is -0.185. The molecule has 1 aromatic carbocycles. The Kier molecular flexibility index (Phi) is 5.32. The van der Waals surface area contributed by atoms with E-state index >= 15 is 0 Å². The Balaban J connectivity index is 1.63. The van der Waals surface area contributed by atoms with E-state index in [2.05, 4.69) is 15.5 Å². The summed E-state index contributed by atoms with van der Waals surface area (Å²) < 4.78 is 44.0. The normalized spacial score (nSPS) is 12.0. The molecule has 0 spiro atoms. The second-order valence-electron chi connectivity index (χ2n) is 7.09. The zero-order chi connectivity index (χ0) is 21.2. The number of carbonyl (C=O) groups excluding carboxylic acids is 1. The molecule has 0 aliphatic rings. The fourth-order valence-corrected chi connectivity index (χ4v) is 2.53. The van der Waals surface area contributed by atoms with Gasteiger partial charge in [0.05, 0.1) is 6.42 Å². The second kappa shape index (κ2) is 7.57. The van der Waals surface area contributed by atoms with Crippen LogP contribution in [-0.4, -0.2) is 22.2 Å². The zero-order valence-corrected chi connectivity index (χ0v) is 15.7. The van der Waals surface area contributed by atoms with Gasteiger partial charge in [0.15, 0.2) is 11.6 Å². The van der Waals surface area contributed by atoms with E-state index in [1.54, 1.807) is 24.4 Å². The van der Waals surface area contributed by atoms with Crippen LogP contribution in [-0.2, 0) is 16.6 Å². The number of hydrogen-bond acceptors (Lipinski definition) is 5. The summed E-state index contributed by atoms with van der Waals surface area (Å²) in [4.78, 5) is 16.2. The standard InChI is InChI=1S/C20H19F3N4O2/c1-19(2,20(21,22)23)15-10-17(27-29-15)26-18(28)9-12-3-5-13(6-4-12)14-7-8-16(24)25-11-14/h3-8,10-11H,9H2,1-2H3,(H2,24,25)(H,26,27,28). The van der Waals surface area contributed by atoms with Crippen molar-refractivity contribution >= 4 is 17.5 Å². The van der Waals surface area contributed by atoms with E-state index in [0.29, 0.717) is 5.82 Å². The van der Waals surface area contributed by atoms with Crippen LogP contribution in [0.5, 0.6) is 0 Å². The van der Waals surface area contributed by atoms with Crippen LogP contribution >= 0.6 is 0 Å². The van der Waals surface area contributed by atoms with Crippen molar-refractivity contribution in [3.63, 3.8) is 0 Å². The van der Waals surface area contributed by atoms with E-state index in [9.17, 15) is 18.0 Å². The van der Waals surface area contributed by atoms with Gasteiger partial charge in [-0.2, -0.15) is 13.2 Å². The molecular weight excluding hydrogens is 385 g/mol. The first-order valence-corrected chi connectivity index (χ1v) is 8.71. The average Bonchev–Trinajstić information content (AvgIpc) is 3.11. The molecule has 0 radical (unpaired) electrons. The van der Waals surface area contributed by atoms with Gasteiger partial charge in [-0.3, -0.25) is 4.79 Å². The Hall–Kier alpha value is -3.36. The predicted octanol–water partition coefficient (Wildman–Crippen LogP) is 4.34. The van der Waals surface area contributed by atoms with Crippen molar-refractivity contribution in [2.45, 2.75) is 31.9 Å². The number of nitrogen functional groups attached to an aromatic ring is 1. The molecule has 0 unspecified atom stereocenters. The summed E-state index contributed by atoms with van der Waals surface area (Å²) in [6.45, 7) is 1.97. The number of halogens is 3. The van der Waals surface area contributed by atoms with Gasteiger partial charge >= 0.3 is 6.18 Å². The summed E-state index contributed by atoms with van der Waals surface area (Å²) in [6, 6.07) is 11.9. The van der Waals surface area contributed by atoms with Crippen molar-refractivity contribution in [1.82, 2.24) is 10.1 Å². The van der Waals surface area contributed by atoms with Gasteiger partial charge in [0, 0.05) is 17.8 Å². The van der Waals surface area contributed by atoms with E-state index in [4.69, 9.17) is 10.3 Å². The van der Waals surface area contributed by atoms with E-state index in [1.807, 2.05) is 18.2 Å². The van der Waals surface area contributed by atoms with Crippen LogP contribution in [0.4, 0.5) is 24.8 Å². The minimum Gasteiger partial charge on any atom is -0.384 e. The molecule has 0 saturated heterocycles. The lowest BCUT2D eigenvalue weighted by Crippen LogP contribution is -2.35. The minimum absolute atomic E-state index is 0.0329. The zero-order valence-electron chi connectivity index (χ0n) is 15.7. The van der Waals surface area contributed by atoms with Crippen molar-refractivity contribution in [1.29, 1.82) is 0 Å². The first kappa shape index (κ1) is 20.4. The molecule has 3 rings (SSSR count). The first-order chi connectivity index (χ1) is 13.6. The van der Waals surface area contributed by atoms with E-state index < -0.39 is 17.5 Å². The van der Waals surface area contributed by atoms with Gasteiger partial charge in [-0.25, -0.2) is 4.98 Å². The van der Waals surface area contributed by atoms with Crippen LogP contribution in [0.3, 0.4) is 0 Å². The number of hydrogen-bond donors (Lipinski definition) is 2. The van der Waals surface area contributed by atoms with E-state index in [-0.39, 0.29) is 18.0 Å². The van der Waals surface area contributed by atoms with Gasteiger partial charge in [0.2, 0.25) is 5.91 Å². The monoisotopic (exact) mass is 404 g/mol. The Morgan fingerprint density at radius 2 is 1.76 bits per heavy atom. The molecule has 3 aromatic rings. The van der Waals surface area contributed by atoms with Gasteiger partial charge in [-0.15, -0.1) is 0 Å². The topological polar surface area (TPSA) is 94.0 Å². The van der Waals surface area contributed by atoms with Crippen molar-refractivity contribution in [3.8, 4) is 11.1 Å². The molecule has 2 heterocycles. The van der Waals surface area contributed by atoms with Gasteiger partial charge in [0.1, 0.15) is 11.2 Å². The maximum absolute atomic E-state index is 13.1. The van der Waals surface area contributed by atoms with Gasteiger partial charge in [0.25, 0.3) is 0 Å². The quantitative estimate of drug-likeness (QED) is 0.660. The summed E-state index contributed by atoms with van der Waals surface area (Å²) in [6.07, 6.45) is -2.82. The van der Waals surface area contributed by atoms with Crippen LogP contribution in [0, 0.1) is 0 Å². The third-order valence-electron chi connectivity index (χ3n) is 4.54. The Labute approximate surface area is 164 Å². The molecule has 9 heteroatoms. The van der Waals surface area contributed by atoms with Crippen LogP contribution < -0.4 is 11.1 Å². The van der Waals surface area contributed by atoms with Gasteiger partial charge in [-0.1, -0.05) is 29.4 Å². The molecular formula is C20H19F3N4O2. The number of benzene rings is 1. The lowest BCUT2D eigenvalue weighted by atomic mass is 9.89. The summed E-state index contributed by atoms with van der Waals surface area (Å²) in [7, 11) is 0. The maximum atomic E-state index is 13.1. The van der Waals surface area contributed by atoms with Gasteiger partial charge in [-0.05, 0) is 37.1 Å². The van der Waals surface area contributed by atoms with E-state index in [1.165, 1.54) is 0 Å². The minimum atomic E-state index is -4.50. The summed E-state index contributed by atoms with van der Waals surface area (Å²) >= 11 is 0. The number of anilines is 2. The van der Waals surface area contributed by atoms with Crippen LogP contribution in [0.15, 0.2) is 53.2 Å². The SMILES string of the molecule is CC(C)(c1cc(NC(=O)Cc2ccc(-c3ccc(N)nc3)cc2)no1)C(F)(F)F. The number of nitrogens with zero attached hydrogens (tertiary/aromatic N) is 2. The summed E-state index contributed by atoms with van der Waals surface area (Å²) in [5, 5.41) is 5.97. The number of aromatic nitrogens is 2. The maximum Gasteiger partial charge on any atom is 0.401 e. The Morgan fingerprint density at radius 3 is 2.34 bits per heavy atom. The van der Waals surface area contributed by atoms with Crippen LogP contribution in [0.1, 0.15) is 25.2 Å². The largest absolute Gasteiger partial charge is 0.401 e. The van der Waals surface area contributed by atoms with Gasteiger partial charge < -0.3 is 15.6 Å². The number of nitrogens with one attached hydrogen (secondary N) is 1. The average molecular weight is 404 g/mol. The smallest absolute Gasteiger partial charge is 0.384 e. The lowest BCUT2D eigenvalue weighted by Gasteiger charge is -2.24. The predicted molar refractivity (Wildman–Crippen MR) is 102 cm³/mol. The number of nitrogens with two attached hydrogens (primary N) is 1. The van der Waals surface area contributed by atoms with Crippen molar-refractivity contribution in [2.24, 2.45) is 0 Å². The molecule has 0 aliphatic heterocycles. The fraction of sp³-hybridized carbons (Fsp3) is 0.250. The number of pyridine rings is 1.